The second-order valence-electron chi connectivity index (χ2n) is 5.40. The van der Waals surface area contributed by atoms with E-state index >= 15 is 0 Å². The molecule has 0 aliphatic carbocycles. The number of nitrogens with zero attached hydrogens (tertiary/aromatic N) is 1. The SMILES string of the molecule is O=C(/C=C/c1ccc(F)cc1)c1cccc(N2CCOCC2)c1. The lowest BCUT2D eigenvalue weighted by atomic mass is 10.1. The molecule has 23 heavy (non-hydrogen) atoms. The lowest BCUT2D eigenvalue weighted by Crippen LogP contribution is -2.36. The molecular formula is C19H18FNO2. The Kier molecular flexibility index (Phi) is 4.83. The van der Waals surface area contributed by atoms with Crippen LogP contribution in [-0.2, 0) is 4.74 Å². The zero-order valence-electron chi connectivity index (χ0n) is 12.7. The van der Waals surface area contributed by atoms with Crippen molar-refractivity contribution in [2.75, 3.05) is 31.2 Å². The van der Waals surface area contributed by atoms with E-state index in [0.717, 1.165) is 24.3 Å². The molecule has 0 bridgehead atoms. The zero-order valence-corrected chi connectivity index (χ0v) is 12.7. The molecule has 3 rings (SSSR count). The van der Waals surface area contributed by atoms with Crippen LogP contribution in [0.1, 0.15) is 15.9 Å². The smallest absolute Gasteiger partial charge is 0.185 e. The first-order chi connectivity index (χ1) is 11.2. The van der Waals surface area contributed by atoms with Crippen LogP contribution in [0, 0.1) is 5.82 Å². The maximum Gasteiger partial charge on any atom is 0.185 e. The Morgan fingerprint density at radius 2 is 1.83 bits per heavy atom. The topological polar surface area (TPSA) is 29.5 Å². The number of benzene rings is 2. The fourth-order valence-corrected chi connectivity index (χ4v) is 2.52. The molecule has 0 N–H and O–H groups in total. The van der Waals surface area contributed by atoms with Crippen LogP contribution in [0.5, 0.6) is 0 Å². The first-order valence-corrected chi connectivity index (χ1v) is 7.63. The number of hydrogen-bond acceptors (Lipinski definition) is 3. The van der Waals surface area contributed by atoms with Gasteiger partial charge in [0.2, 0.25) is 0 Å². The van der Waals surface area contributed by atoms with E-state index in [9.17, 15) is 9.18 Å². The highest BCUT2D eigenvalue weighted by Crippen LogP contribution is 2.18. The molecule has 1 fully saturated rings. The van der Waals surface area contributed by atoms with Crippen molar-refractivity contribution < 1.29 is 13.9 Å². The first-order valence-electron chi connectivity index (χ1n) is 7.63. The Morgan fingerprint density at radius 1 is 1.09 bits per heavy atom. The van der Waals surface area contributed by atoms with Crippen molar-refractivity contribution in [1.29, 1.82) is 0 Å². The van der Waals surface area contributed by atoms with E-state index in [-0.39, 0.29) is 11.6 Å². The average molecular weight is 311 g/mol. The van der Waals surface area contributed by atoms with Crippen molar-refractivity contribution in [2.45, 2.75) is 0 Å². The first kappa shape index (κ1) is 15.4. The van der Waals surface area contributed by atoms with Gasteiger partial charge in [0, 0.05) is 24.3 Å². The molecule has 3 nitrogen and oxygen atoms in total. The lowest BCUT2D eigenvalue weighted by Gasteiger charge is -2.29. The molecule has 2 aromatic carbocycles. The third kappa shape index (κ3) is 4.05. The summed E-state index contributed by atoms with van der Waals surface area (Å²) in [5.41, 5.74) is 2.48. The van der Waals surface area contributed by atoms with Crippen LogP contribution in [0.2, 0.25) is 0 Å². The normalized spacial score (nSPS) is 15.1. The highest BCUT2D eigenvalue weighted by atomic mass is 19.1. The minimum Gasteiger partial charge on any atom is -0.378 e. The Hall–Kier alpha value is -2.46. The standard InChI is InChI=1S/C19H18FNO2/c20-17-7-4-15(5-8-17)6-9-19(22)16-2-1-3-18(14-16)21-10-12-23-13-11-21/h1-9,14H,10-13H2/b9-6+. The van der Waals surface area contributed by atoms with Crippen molar-refractivity contribution in [2.24, 2.45) is 0 Å². The summed E-state index contributed by atoms with van der Waals surface area (Å²) in [6.07, 6.45) is 3.22. The molecule has 0 spiro atoms. The number of carbonyl (C=O) groups excluding carboxylic acids is 1. The van der Waals surface area contributed by atoms with Gasteiger partial charge in [0.1, 0.15) is 5.82 Å². The van der Waals surface area contributed by atoms with Crippen LogP contribution in [0.3, 0.4) is 0 Å². The summed E-state index contributed by atoms with van der Waals surface area (Å²) in [7, 11) is 0. The van der Waals surface area contributed by atoms with Crippen LogP contribution >= 0.6 is 0 Å². The quantitative estimate of drug-likeness (QED) is 0.639. The van der Waals surface area contributed by atoms with Crippen LogP contribution in [0.25, 0.3) is 6.08 Å². The minimum atomic E-state index is -0.285. The van der Waals surface area contributed by atoms with Gasteiger partial charge in [-0.15, -0.1) is 0 Å². The zero-order chi connectivity index (χ0) is 16.1. The van der Waals surface area contributed by atoms with E-state index in [1.165, 1.54) is 18.2 Å². The second-order valence-corrected chi connectivity index (χ2v) is 5.40. The Morgan fingerprint density at radius 3 is 2.57 bits per heavy atom. The molecule has 4 heteroatoms. The highest BCUT2D eigenvalue weighted by molar-refractivity contribution is 6.07. The van der Waals surface area contributed by atoms with Crippen molar-refractivity contribution in [3.8, 4) is 0 Å². The van der Waals surface area contributed by atoms with Gasteiger partial charge < -0.3 is 9.64 Å². The lowest BCUT2D eigenvalue weighted by molar-refractivity contribution is 0.104. The van der Waals surface area contributed by atoms with Crippen molar-refractivity contribution >= 4 is 17.5 Å². The number of morpholine rings is 1. The van der Waals surface area contributed by atoms with Crippen LogP contribution < -0.4 is 4.90 Å². The van der Waals surface area contributed by atoms with E-state index < -0.39 is 0 Å². The third-order valence-corrected chi connectivity index (χ3v) is 3.80. The van der Waals surface area contributed by atoms with E-state index in [1.807, 2.05) is 18.2 Å². The molecule has 1 aliphatic heterocycles. The molecule has 0 aromatic heterocycles. The summed E-state index contributed by atoms with van der Waals surface area (Å²) in [5, 5.41) is 0. The molecule has 118 valence electrons. The molecule has 0 atom stereocenters. The van der Waals surface area contributed by atoms with Gasteiger partial charge in [-0.1, -0.05) is 30.3 Å². The van der Waals surface area contributed by atoms with Gasteiger partial charge in [0.05, 0.1) is 13.2 Å². The fraction of sp³-hybridized carbons (Fsp3) is 0.211. The molecule has 2 aromatic rings. The molecule has 1 saturated heterocycles. The molecule has 0 amide bonds. The second kappa shape index (κ2) is 7.20. The third-order valence-electron chi connectivity index (χ3n) is 3.80. The number of hydrogen-bond donors (Lipinski definition) is 0. The summed E-state index contributed by atoms with van der Waals surface area (Å²) in [6.45, 7) is 3.09. The summed E-state index contributed by atoms with van der Waals surface area (Å²) < 4.78 is 18.2. The van der Waals surface area contributed by atoms with Gasteiger partial charge in [0.15, 0.2) is 5.78 Å². The average Bonchev–Trinajstić information content (AvgIpc) is 2.62. The monoisotopic (exact) mass is 311 g/mol. The van der Waals surface area contributed by atoms with E-state index in [4.69, 9.17) is 4.74 Å². The maximum atomic E-state index is 12.9. The summed E-state index contributed by atoms with van der Waals surface area (Å²) >= 11 is 0. The molecular weight excluding hydrogens is 293 g/mol. The fourth-order valence-electron chi connectivity index (χ4n) is 2.52. The van der Waals surface area contributed by atoms with Gasteiger partial charge in [0.25, 0.3) is 0 Å². The van der Waals surface area contributed by atoms with Gasteiger partial charge >= 0.3 is 0 Å². The van der Waals surface area contributed by atoms with Crippen LogP contribution in [0.15, 0.2) is 54.6 Å². The number of halogens is 1. The number of rotatable bonds is 4. The molecule has 1 aliphatic rings. The number of allylic oxidation sites excluding steroid dienone is 1. The van der Waals surface area contributed by atoms with Gasteiger partial charge in [-0.2, -0.15) is 0 Å². The van der Waals surface area contributed by atoms with Gasteiger partial charge in [-0.25, -0.2) is 4.39 Å². The van der Waals surface area contributed by atoms with Crippen molar-refractivity contribution in [3.05, 3.63) is 71.6 Å². The number of carbonyl (C=O) groups is 1. The Balaban J connectivity index is 1.73. The largest absolute Gasteiger partial charge is 0.378 e. The van der Waals surface area contributed by atoms with Crippen molar-refractivity contribution in [3.63, 3.8) is 0 Å². The molecule has 1 heterocycles. The summed E-state index contributed by atoms with van der Waals surface area (Å²) in [5.74, 6) is -0.351. The predicted octanol–water partition coefficient (Wildman–Crippen LogP) is 3.56. The van der Waals surface area contributed by atoms with E-state index in [0.29, 0.717) is 18.8 Å². The van der Waals surface area contributed by atoms with Gasteiger partial charge in [-0.05, 0) is 35.9 Å². The Labute approximate surface area is 135 Å². The van der Waals surface area contributed by atoms with Crippen LogP contribution in [-0.4, -0.2) is 32.1 Å². The summed E-state index contributed by atoms with van der Waals surface area (Å²) in [6, 6.07) is 13.7. The predicted molar refractivity (Wildman–Crippen MR) is 89.2 cm³/mol. The summed E-state index contributed by atoms with van der Waals surface area (Å²) in [4.78, 5) is 14.5. The number of ether oxygens (including phenoxy) is 1. The maximum absolute atomic E-state index is 12.9. The number of ketones is 1. The number of anilines is 1. The molecule has 0 saturated carbocycles. The highest BCUT2D eigenvalue weighted by Gasteiger charge is 2.12. The van der Waals surface area contributed by atoms with E-state index in [2.05, 4.69) is 4.90 Å². The molecule has 0 radical (unpaired) electrons. The Bertz CT molecular complexity index is 704. The van der Waals surface area contributed by atoms with Gasteiger partial charge in [-0.3, -0.25) is 4.79 Å². The van der Waals surface area contributed by atoms with Crippen LogP contribution in [0.4, 0.5) is 10.1 Å². The minimum absolute atomic E-state index is 0.0653. The van der Waals surface area contributed by atoms with E-state index in [1.54, 1.807) is 24.3 Å². The molecule has 0 unspecified atom stereocenters. The van der Waals surface area contributed by atoms with Crippen molar-refractivity contribution in [1.82, 2.24) is 0 Å².